The van der Waals surface area contributed by atoms with Crippen LogP contribution in [-0.4, -0.2) is 29.8 Å². The first-order valence-corrected chi connectivity index (χ1v) is 10.6. The van der Waals surface area contributed by atoms with E-state index in [1.165, 1.54) is 4.31 Å². The first-order chi connectivity index (χ1) is 13.3. The molecular formula is C21H23N3O3S. The van der Waals surface area contributed by atoms with E-state index in [1.54, 1.807) is 23.0 Å². The van der Waals surface area contributed by atoms with Crippen LogP contribution in [0, 0.1) is 13.8 Å². The van der Waals surface area contributed by atoms with Crippen LogP contribution in [0.15, 0.2) is 53.7 Å². The lowest BCUT2D eigenvalue weighted by molar-refractivity contribution is 0.166. The average Bonchev–Trinajstić information content (AvgIpc) is 3.08. The van der Waals surface area contributed by atoms with E-state index in [0.717, 1.165) is 16.7 Å². The standard InChI is InChI=1S/C21H23N3O3S/c1-14-5-4-6-18-19(25)9-10-24(21(14)18)28(26,27)20-8-7-16(11-15(20)2)17-12-22-23(3)13-17/h4-8,11-13,19,25H,9-10H2,1-3H3/t19-/m1/s1. The topological polar surface area (TPSA) is 75.4 Å². The molecule has 0 aliphatic carbocycles. The van der Waals surface area contributed by atoms with Gasteiger partial charge in [0.25, 0.3) is 10.0 Å². The Morgan fingerprint density at radius 3 is 2.57 bits per heavy atom. The van der Waals surface area contributed by atoms with E-state index in [4.69, 9.17) is 0 Å². The fourth-order valence-corrected chi connectivity index (χ4v) is 5.62. The van der Waals surface area contributed by atoms with Crippen molar-refractivity contribution < 1.29 is 13.5 Å². The molecule has 0 saturated carbocycles. The van der Waals surface area contributed by atoms with Gasteiger partial charge in [0, 0.05) is 30.9 Å². The summed E-state index contributed by atoms with van der Waals surface area (Å²) in [6.07, 6.45) is 3.39. The number of sulfonamides is 1. The Labute approximate surface area is 165 Å². The first-order valence-electron chi connectivity index (χ1n) is 9.19. The summed E-state index contributed by atoms with van der Waals surface area (Å²) in [6, 6.07) is 10.9. The molecule has 2 heterocycles. The SMILES string of the molecule is Cc1cc(-c2cnn(C)c2)ccc1S(=O)(=O)N1CC[C@@H](O)c2cccc(C)c21. The summed E-state index contributed by atoms with van der Waals surface area (Å²) in [4.78, 5) is 0.283. The Balaban J connectivity index is 1.79. The Kier molecular flexibility index (Phi) is 4.51. The normalized spacial score (nSPS) is 16.9. The highest BCUT2D eigenvalue weighted by Gasteiger charge is 2.34. The van der Waals surface area contributed by atoms with Crippen molar-refractivity contribution in [2.24, 2.45) is 7.05 Å². The molecule has 0 saturated heterocycles. The molecule has 1 aliphatic rings. The zero-order valence-electron chi connectivity index (χ0n) is 16.1. The number of nitrogens with zero attached hydrogens (tertiary/aromatic N) is 3. The van der Waals surface area contributed by atoms with Crippen molar-refractivity contribution in [1.82, 2.24) is 9.78 Å². The molecule has 1 aromatic heterocycles. The number of aromatic nitrogens is 2. The Hall–Kier alpha value is -2.64. The molecule has 7 heteroatoms. The van der Waals surface area contributed by atoms with E-state index in [1.807, 2.05) is 51.4 Å². The van der Waals surface area contributed by atoms with Gasteiger partial charge in [-0.3, -0.25) is 8.99 Å². The smallest absolute Gasteiger partial charge is 0.264 e. The fraction of sp³-hybridized carbons (Fsp3) is 0.286. The van der Waals surface area contributed by atoms with Crippen LogP contribution in [-0.2, 0) is 17.1 Å². The number of hydrogen-bond donors (Lipinski definition) is 1. The van der Waals surface area contributed by atoms with Crippen molar-refractivity contribution >= 4 is 15.7 Å². The number of fused-ring (bicyclic) bond motifs is 1. The lowest BCUT2D eigenvalue weighted by Crippen LogP contribution is -2.37. The molecule has 28 heavy (non-hydrogen) atoms. The molecule has 2 aromatic carbocycles. The number of anilines is 1. The predicted molar refractivity (Wildman–Crippen MR) is 109 cm³/mol. The summed E-state index contributed by atoms with van der Waals surface area (Å²) < 4.78 is 30.2. The molecule has 0 spiro atoms. The van der Waals surface area contributed by atoms with Gasteiger partial charge in [-0.2, -0.15) is 5.10 Å². The zero-order valence-corrected chi connectivity index (χ0v) is 16.9. The minimum Gasteiger partial charge on any atom is -0.388 e. The maximum atomic E-state index is 13.5. The van der Waals surface area contributed by atoms with Crippen LogP contribution in [0.4, 0.5) is 5.69 Å². The summed E-state index contributed by atoms with van der Waals surface area (Å²) in [6.45, 7) is 3.94. The van der Waals surface area contributed by atoms with Gasteiger partial charge in [0.1, 0.15) is 0 Å². The minimum absolute atomic E-state index is 0.255. The van der Waals surface area contributed by atoms with Crippen LogP contribution < -0.4 is 4.31 Å². The van der Waals surface area contributed by atoms with Crippen LogP contribution >= 0.6 is 0 Å². The van der Waals surface area contributed by atoms with Crippen molar-refractivity contribution in [3.63, 3.8) is 0 Å². The van der Waals surface area contributed by atoms with Gasteiger partial charge < -0.3 is 5.11 Å². The van der Waals surface area contributed by atoms with Crippen LogP contribution in [0.5, 0.6) is 0 Å². The molecule has 0 bridgehead atoms. The van der Waals surface area contributed by atoms with Gasteiger partial charge in [-0.1, -0.05) is 24.3 Å². The minimum atomic E-state index is -3.74. The van der Waals surface area contributed by atoms with Crippen LogP contribution in [0.25, 0.3) is 11.1 Å². The van der Waals surface area contributed by atoms with Crippen LogP contribution in [0.1, 0.15) is 29.2 Å². The number of aryl methyl sites for hydroxylation is 3. The van der Waals surface area contributed by atoms with Gasteiger partial charge in [0.15, 0.2) is 0 Å². The molecular weight excluding hydrogens is 374 g/mol. The Morgan fingerprint density at radius 1 is 1.11 bits per heavy atom. The van der Waals surface area contributed by atoms with Crippen molar-refractivity contribution in [3.05, 3.63) is 65.5 Å². The number of aliphatic hydroxyl groups excluding tert-OH is 1. The quantitative estimate of drug-likeness (QED) is 0.736. The molecule has 1 N–H and O–H groups in total. The largest absolute Gasteiger partial charge is 0.388 e. The molecule has 0 amide bonds. The lowest BCUT2D eigenvalue weighted by Gasteiger charge is -2.34. The van der Waals surface area contributed by atoms with E-state index < -0.39 is 16.1 Å². The summed E-state index contributed by atoms with van der Waals surface area (Å²) in [7, 11) is -1.90. The van der Waals surface area contributed by atoms with Gasteiger partial charge in [-0.15, -0.1) is 0 Å². The summed E-state index contributed by atoms with van der Waals surface area (Å²) in [5.41, 5.74) is 4.65. The predicted octanol–water partition coefficient (Wildman–Crippen LogP) is 3.34. The summed E-state index contributed by atoms with van der Waals surface area (Å²) >= 11 is 0. The second-order valence-corrected chi connectivity index (χ2v) is 9.11. The highest BCUT2D eigenvalue weighted by Crippen LogP contribution is 2.40. The van der Waals surface area contributed by atoms with Crippen molar-refractivity contribution in [2.45, 2.75) is 31.3 Å². The molecule has 1 aliphatic heterocycles. The maximum Gasteiger partial charge on any atom is 0.264 e. The van der Waals surface area contributed by atoms with Gasteiger partial charge in [0.2, 0.25) is 0 Å². The monoisotopic (exact) mass is 397 g/mol. The maximum absolute atomic E-state index is 13.5. The lowest BCUT2D eigenvalue weighted by atomic mass is 9.98. The third-order valence-corrected chi connectivity index (χ3v) is 7.22. The zero-order chi connectivity index (χ0) is 20.1. The first kappa shape index (κ1) is 18.7. The fourth-order valence-electron chi connectivity index (χ4n) is 3.85. The van der Waals surface area contributed by atoms with E-state index in [-0.39, 0.29) is 11.4 Å². The molecule has 3 aromatic rings. The summed E-state index contributed by atoms with van der Waals surface area (Å²) in [5, 5.41) is 14.5. The third-order valence-electron chi connectivity index (χ3n) is 5.26. The molecule has 146 valence electrons. The van der Waals surface area contributed by atoms with Crippen LogP contribution in [0.2, 0.25) is 0 Å². The van der Waals surface area contributed by atoms with E-state index >= 15 is 0 Å². The Bertz CT molecular complexity index is 1150. The Morgan fingerprint density at radius 2 is 1.89 bits per heavy atom. The molecule has 1 atom stereocenters. The number of rotatable bonds is 3. The average molecular weight is 398 g/mol. The molecule has 0 radical (unpaired) electrons. The molecule has 6 nitrogen and oxygen atoms in total. The van der Waals surface area contributed by atoms with Gasteiger partial charge in [0.05, 0.1) is 22.9 Å². The van der Waals surface area contributed by atoms with E-state index in [9.17, 15) is 13.5 Å². The highest BCUT2D eigenvalue weighted by atomic mass is 32.2. The number of benzene rings is 2. The van der Waals surface area contributed by atoms with Crippen molar-refractivity contribution in [2.75, 3.05) is 10.8 Å². The second kappa shape index (κ2) is 6.76. The van der Waals surface area contributed by atoms with E-state index in [0.29, 0.717) is 23.2 Å². The molecule has 0 fully saturated rings. The molecule has 4 rings (SSSR count). The van der Waals surface area contributed by atoms with Gasteiger partial charge in [-0.25, -0.2) is 8.42 Å². The van der Waals surface area contributed by atoms with Crippen LogP contribution in [0.3, 0.4) is 0 Å². The second-order valence-electron chi connectivity index (χ2n) is 7.28. The number of hydrogen-bond acceptors (Lipinski definition) is 4. The number of para-hydroxylation sites is 1. The summed E-state index contributed by atoms with van der Waals surface area (Å²) in [5.74, 6) is 0. The third kappa shape index (κ3) is 3.00. The highest BCUT2D eigenvalue weighted by molar-refractivity contribution is 7.92. The van der Waals surface area contributed by atoms with Gasteiger partial charge in [-0.05, 0) is 49.1 Å². The van der Waals surface area contributed by atoms with E-state index in [2.05, 4.69) is 5.10 Å². The van der Waals surface area contributed by atoms with Gasteiger partial charge >= 0.3 is 0 Å². The number of aliphatic hydroxyl groups is 1. The van der Waals surface area contributed by atoms with Crippen molar-refractivity contribution in [3.8, 4) is 11.1 Å². The molecule has 0 unspecified atom stereocenters. The van der Waals surface area contributed by atoms with Crippen molar-refractivity contribution in [1.29, 1.82) is 0 Å².